The van der Waals surface area contributed by atoms with Crippen LogP contribution in [0.3, 0.4) is 0 Å². The van der Waals surface area contributed by atoms with Crippen LogP contribution in [0.4, 0.5) is 42.6 Å². The molecular weight excluding hydrogens is 960 g/mol. The second-order valence-electron chi connectivity index (χ2n) is 14.7. The lowest BCUT2D eigenvalue weighted by Gasteiger charge is -2.29. The van der Waals surface area contributed by atoms with Crippen molar-refractivity contribution in [3.63, 3.8) is 0 Å². The molecule has 4 amide bonds. The van der Waals surface area contributed by atoms with E-state index in [9.17, 15) is 28.8 Å². The minimum atomic E-state index is -1.19. The molecule has 21 heteroatoms. The highest BCUT2D eigenvalue weighted by Crippen LogP contribution is 2.35. The van der Waals surface area contributed by atoms with Crippen LogP contribution in [0, 0.1) is 11.8 Å². The van der Waals surface area contributed by atoms with Gasteiger partial charge in [0.1, 0.15) is 7.57 Å². The molecule has 1 aliphatic heterocycles. The van der Waals surface area contributed by atoms with Crippen molar-refractivity contribution in [2.45, 2.75) is 51.4 Å². The number of amides is 4. The summed E-state index contributed by atoms with van der Waals surface area (Å²) in [5.41, 5.74) is 3.26. The van der Waals surface area contributed by atoms with E-state index >= 15 is 0 Å². The Morgan fingerprint density at radius 1 is 0.689 bits per heavy atom. The van der Waals surface area contributed by atoms with Crippen LogP contribution < -0.4 is 31.1 Å². The third kappa shape index (κ3) is 11.7. The van der Waals surface area contributed by atoms with Crippen LogP contribution in [-0.4, -0.2) is 96.1 Å². The number of carboxylic acid groups (broad SMARTS) is 2. The first-order valence-electron chi connectivity index (χ1n) is 19.5. The number of aromatic nitrogens is 2. The summed E-state index contributed by atoms with van der Waals surface area (Å²) >= 11 is 8.25. The SMILES string of the molecule is CN(C)c1ccc(NC(=O)Nc2nc(C(=O)O)c(Br)s2)c(C(=O)C2CCCC2)c1.O=C(Nc1nc(C(=O)O)c(Br)s1)Nc1ccc(N2CCOCC2)cc1C(=O)C1CCCC1. The number of morpholine rings is 1. The number of anilines is 6. The number of carboxylic acids is 2. The molecule has 0 unspecified atom stereocenters. The number of aromatic carboxylic acids is 2. The maximum Gasteiger partial charge on any atom is 0.356 e. The van der Waals surface area contributed by atoms with E-state index in [-0.39, 0.29) is 45.1 Å². The number of rotatable bonds is 12. The number of urea groups is 2. The summed E-state index contributed by atoms with van der Waals surface area (Å²) < 4.78 is 6.04. The fourth-order valence-corrected chi connectivity index (χ4v) is 10.1. The van der Waals surface area contributed by atoms with Crippen molar-refractivity contribution in [2.75, 3.05) is 71.5 Å². The van der Waals surface area contributed by atoms with Crippen LogP contribution in [0.1, 0.15) is 93.1 Å². The molecule has 2 aromatic heterocycles. The summed E-state index contributed by atoms with van der Waals surface area (Å²) in [5, 5.41) is 29.0. The van der Waals surface area contributed by atoms with Crippen molar-refractivity contribution in [3.05, 3.63) is 66.5 Å². The predicted octanol–water partition coefficient (Wildman–Crippen LogP) is 9.14. The van der Waals surface area contributed by atoms with Gasteiger partial charge in [0.25, 0.3) is 0 Å². The number of hydrogen-bond donors (Lipinski definition) is 6. The van der Waals surface area contributed by atoms with Gasteiger partial charge in [-0.1, -0.05) is 48.4 Å². The van der Waals surface area contributed by atoms with E-state index in [0.29, 0.717) is 43.3 Å². The first-order valence-corrected chi connectivity index (χ1v) is 22.7. The molecule has 0 spiro atoms. The normalized spacial score (nSPS) is 15.4. The first-order chi connectivity index (χ1) is 29.2. The smallest absolute Gasteiger partial charge is 0.356 e. The molecule has 2 aromatic carbocycles. The van der Waals surface area contributed by atoms with E-state index in [1.165, 1.54) is 0 Å². The molecule has 0 radical (unpaired) electrons. The van der Waals surface area contributed by atoms with Gasteiger partial charge in [0.05, 0.1) is 24.6 Å². The number of halogens is 2. The van der Waals surface area contributed by atoms with Crippen LogP contribution >= 0.6 is 54.5 Å². The molecule has 0 bridgehead atoms. The van der Waals surface area contributed by atoms with E-state index in [0.717, 1.165) is 98.5 Å². The number of thiazole rings is 2. The number of ketones is 2. The molecule has 6 N–H and O–H groups in total. The average molecular weight is 1000 g/mol. The molecule has 2 saturated carbocycles. The number of nitrogens with zero attached hydrogens (tertiary/aromatic N) is 4. The van der Waals surface area contributed by atoms with Crippen LogP contribution in [0.5, 0.6) is 0 Å². The fraction of sp³-hybridized carbons (Fsp3) is 0.400. The molecule has 324 valence electrons. The number of nitrogens with one attached hydrogen (secondary N) is 4. The van der Waals surface area contributed by atoms with Crippen molar-refractivity contribution in [1.82, 2.24) is 9.97 Å². The van der Waals surface area contributed by atoms with Gasteiger partial charge in [0.15, 0.2) is 33.2 Å². The summed E-state index contributed by atoms with van der Waals surface area (Å²) in [4.78, 5) is 85.4. The second kappa shape index (κ2) is 20.7. The summed E-state index contributed by atoms with van der Waals surface area (Å²) in [5.74, 6) is -2.37. The molecule has 3 fully saturated rings. The molecule has 3 heterocycles. The zero-order valence-corrected chi connectivity index (χ0v) is 38.0. The van der Waals surface area contributed by atoms with Gasteiger partial charge >= 0.3 is 24.0 Å². The number of Topliss-reactive ketones (excluding diaryl/α,β-unsaturated/α-hetero) is 2. The van der Waals surface area contributed by atoms with Gasteiger partial charge in [-0.05, 0) is 93.9 Å². The minimum Gasteiger partial charge on any atom is -0.476 e. The van der Waals surface area contributed by atoms with E-state index < -0.39 is 24.0 Å². The number of ether oxygens (including phenoxy) is 1. The molecule has 4 aromatic rings. The summed E-state index contributed by atoms with van der Waals surface area (Å²) in [6.07, 6.45) is 7.59. The first kappa shape index (κ1) is 45.6. The Bertz CT molecular complexity index is 2300. The Morgan fingerprint density at radius 2 is 1.13 bits per heavy atom. The quantitative estimate of drug-likeness (QED) is 0.0728. The van der Waals surface area contributed by atoms with E-state index in [2.05, 4.69) is 68.0 Å². The second-order valence-corrected chi connectivity index (χ2v) is 19.3. The third-order valence-electron chi connectivity index (χ3n) is 10.4. The molecule has 0 atom stereocenters. The lowest BCUT2D eigenvalue weighted by atomic mass is 9.94. The van der Waals surface area contributed by atoms with Crippen LogP contribution in [0.15, 0.2) is 44.0 Å². The maximum atomic E-state index is 13.3. The van der Waals surface area contributed by atoms with Gasteiger partial charge in [-0.3, -0.25) is 20.2 Å². The van der Waals surface area contributed by atoms with Crippen molar-refractivity contribution < 1.29 is 43.7 Å². The van der Waals surface area contributed by atoms with Gasteiger partial charge in [-0.2, -0.15) is 0 Å². The Kier molecular flexibility index (Phi) is 15.5. The van der Waals surface area contributed by atoms with Crippen molar-refractivity contribution in [3.8, 4) is 0 Å². The lowest BCUT2D eigenvalue weighted by molar-refractivity contribution is 0.0680. The van der Waals surface area contributed by atoms with E-state index in [1.807, 2.05) is 37.2 Å². The summed E-state index contributed by atoms with van der Waals surface area (Å²) in [7, 11) is 3.78. The predicted molar refractivity (Wildman–Crippen MR) is 242 cm³/mol. The number of carbonyl (C=O) groups is 6. The lowest BCUT2D eigenvalue weighted by Crippen LogP contribution is -2.36. The standard InChI is InChI=1S/C21H23BrN4O5S.C19H21BrN4O4S/c22-18-16(19(28)29)24-21(32-18)25-20(30)23-15-6-5-13(26-7-9-31-10-8-26)11-14(15)17(27)12-3-1-2-4-12;1-24(2)11-7-8-13(12(9-11)15(25)10-5-3-4-6-10)21-18(28)23-19-22-14(17(26)27)16(20)29-19/h5-6,11-12H,1-4,7-10H2,(H,28,29)(H2,23,24,25,30);7-10H,3-6H2,1-2H3,(H,26,27)(H2,21,22,23,28). The molecule has 3 aliphatic rings. The molecule has 2 aliphatic carbocycles. The minimum absolute atomic E-state index is 0.0240. The van der Waals surface area contributed by atoms with Gasteiger partial charge in [-0.25, -0.2) is 29.1 Å². The van der Waals surface area contributed by atoms with Gasteiger partial charge in [0, 0.05) is 61.5 Å². The fourth-order valence-electron chi connectivity index (χ4n) is 7.28. The van der Waals surface area contributed by atoms with Gasteiger partial charge in [-0.15, -0.1) is 0 Å². The zero-order chi connectivity index (χ0) is 43.8. The molecule has 1 saturated heterocycles. The van der Waals surface area contributed by atoms with Crippen molar-refractivity contribution in [1.29, 1.82) is 0 Å². The number of benzene rings is 2. The van der Waals surface area contributed by atoms with Crippen molar-refractivity contribution >= 4 is 123 Å². The highest BCUT2D eigenvalue weighted by molar-refractivity contribution is 9.11. The Morgan fingerprint density at radius 3 is 1.56 bits per heavy atom. The average Bonchev–Trinajstić information content (AvgIpc) is 4.07. The van der Waals surface area contributed by atoms with Gasteiger partial charge in [0.2, 0.25) is 0 Å². The zero-order valence-electron chi connectivity index (χ0n) is 33.2. The largest absolute Gasteiger partial charge is 0.476 e. The van der Waals surface area contributed by atoms with Crippen LogP contribution in [0.25, 0.3) is 0 Å². The molecule has 17 nitrogen and oxygen atoms in total. The molecule has 61 heavy (non-hydrogen) atoms. The highest BCUT2D eigenvalue weighted by Gasteiger charge is 2.29. The van der Waals surface area contributed by atoms with E-state index in [1.54, 1.807) is 18.2 Å². The third-order valence-corrected chi connectivity index (χ3v) is 13.6. The topological polar surface area (TPSA) is 232 Å². The summed E-state index contributed by atoms with van der Waals surface area (Å²) in [6.45, 7) is 2.76. The Hall–Kier alpha value is -4.96. The monoisotopic (exact) mass is 1000 g/mol. The molecular formula is C40H44Br2N8O9S2. The number of hydrogen-bond acceptors (Lipinski definition) is 13. The van der Waals surface area contributed by atoms with Crippen molar-refractivity contribution in [2.24, 2.45) is 11.8 Å². The van der Waals surface area contributed by atoms with Crippen LogP contribution in [-0.2, 0) is 4.74 Å². The van der Waals surface area contributed by atoms with Gasteiger partial charge < -0.3 is 35.4 Å². The number of carbonyl (C=O) groups excluding carboxylic acids is 4. The Labute approximate surface area is 375 Å². The highest BCUT2D eigenvalue weighted by atomic mass is 79.9. The van der Waals surface area contributed by atoms with Crippen LogP contribution in [0.2, 0.25) is 0 Å². The van der Waals surface area contributed by atoms with E-state index in [4.69, 9.17) is 14.9 Å². The maximum absolute atomic E-state index is 13.3. The Balaban J connectivity index is 0.000000205. The summed E-state index contributed by atoms with van der Waals surface area (Å²) in [6, 6.07) is 9.61. The molecule has 7 rings (SSSR count).